The van der Waals surface area contributed by atoms with E-state index in [4.69, 9.17) is 27.9 Å². The molecule has 1 heterocycles. The van der Waals surface area contributed by atoms with Gasteiger partial charge in [-0.1, -0.05) is 35.3 Å². The van der Waals surface area contributed by atoms with E-state index < -0.39 is 5.91 Å². The lowest BCUT2D eigenvalue weighted by molar-refractivity contribution is -0.112. The van der Waals surface area contributed by atoms with Gasteiger partial charge in [0.2, 0.25) is 0 Å². The minimum absolute atomic E-state index is 0.0985. The van der Waals surface area contributed by atoms with Crippen LogP contribution < -0.4 is 10.1 Å². The third-order valence-corrected chi connectivity index (χ3v) is 4.36. The molecule has 0 radical (unpaired) electrons. The molecule has 8 heteroatoms. The number of benzene rings is 2. The van der Waals surface area contributed by atoms with E-state index in [1.54, 1.807) is 30.3 Å². The van der Waals surface area contributed by atoms with Gasteiger partial charge in [-0.15, -0.1) is 0 Å². The summed E-state index contributed by atoms with van der Waals surface area (Å²) in [6.45, 7) is 0. The Bertz CT molecular complexity index is 1080. The Labute approximate surface area is 171 Å². The number of nitriles is 1. The van der Waals surface area contributed by atoms with Crippen molar-refractivity contribution in [2.75, 3.05) is 12.4 Å². The second-order valence-electron chi connectivity index (χ2n) is 5.68. The number of methoxy groups -OCH3 is 1. The Morgan fingerprint density at radius 2 is 1.93 bits per heavy atom. The highest BCUT2D eigenvalue weighted by Gasteiger charge is 2.15. The average Bonchev–Trinajstić information content (AvgIpc) is 3.15. The van der Waals surface area contributed by atoms with Crippen molar-refractivity contribution in [3.63, 3.8) is 0 Å². The van der Waals surface area contributed by atoms with Gasteiger partial charge in [0.25, 0.3) is 5.91 Å². The zero-order valence-electron chi connectivity index (χ0n) is 14.7. The number of H-pyrrole nitrogens is 1. The monoisotopic (exact) mass is 412 g/mol. The molecule has 0 fully saturated rings. The highest BCUT2D eigenvalue weighted by molar-refractivity contribution is 6.31. The minimum atomic E-state index is -0.591. The van der Waals surface area contributed by atoms with Gasteiger partial charge in [-0.2, -0.15) is 10.4 Å². The summed E-state index contributed by atoms with van der Waals surface area (Å²) < 4.78 is 5.21. The summed E-state index contributed by atoms with van der Waals surface area (Å²) in [5.74, 6) is -0.161. The molecule has 2 aromatic carbocycles. The van der Waals surface area contributed by atoms with E-state index >= 15 is 0 Å². The van der Waals surface area contributed by atoms with Gasteiger partial charge >= 0.3 is 0 Å². The Kier molecular flexibility index (Phi) is 5.99. The van der Waals surface area contributed by atoms with Crippen molar-refractivity contribution >= 4 is 40.9 Å². The first-order valence-corrected chi connectivity index (χ1v) is 8.83. The van der Waals surface area contributed by atoms with Crippen LogP contribution >= 0.6 is 23.2 Å². The second-order valence-corrected chi connectivity index (χ2v) is 6.55. The van der Waals surface area contributed by atoms with E-state index in [0.717, 1.165) is 5.56 Å². The quantitative estimate of drug-likeness (QED) is 0.458. The number of amides is 1. The van der Waals surface area contributed by atoms with Crippen LogP contribution in [0, 0.1) is 11.3 Å². The van der Waals surface area contributed by atoms with E-state index in [-0.39, 0.29) is 5.57 Å². The molecule has 0 aliphatic rings. The van der Waals surface area contributed by atoms with Crippen LogP contribution in [0.15, 0.2) is 54.2 Å². The number of nitrogens with zero attached hydrogens (tertiary/aromatic N) is 2. The first-order chi connectivity index (χ1) is 13.5. The molecule has 28 heavy (non-hydrogen) atoms. The fourth-order valence-electron chi connectivity index (χ4n) is 2.52. The van der Waals surface area contributed by atoms with Gasteiger partial charge in [0, 0.05) is 21.2 Å². The summed E-state index contributed by atoms with van der Waals surface area (Å²) in [5, 5.41) is 20.0. The average molecular weight is 413 g/mol. The van der Waals surface area contributed by atoms with Gasteiger partial charge in [-0.05, 0) is 36.4 Å². The predicted molar refractivity (Wildman–Crippen MR) is 109 cm³/mol. The first kappa shape index (κ1) is 19.5. The van der Waals surface area contributed by atoms with Gasteiger partial charge in [0.1, 0.15) is 17.4 Å². The summed E-state index contributed by atoms with van der Waals surface area (Å²) in [6.07, 6.45) is 2.99. The molecular weight excluding hydrogens is 399 g/mol. The van der Waals surface area contributed by atoms with Gasteiger partial charge < -0.3 is 10.1 Å². The summed E-state index contributed by atoms with van der Waals surface area (Å²) >= 11 is 11.9. The zero-order chi connectivity index (χ0) is 20.1. The molecule has 0 bridgehead atoms. The van der Waals surface area contributed by atoms with Crippen molar-refractivity contribution in [2.45, 2.75) is 0 Å². The van der Waals surface area contributed by atoms with E-state index in [1.807, 2.05) is 18.2 Å². The summed E-state index contributed by atoms with van der Waals surface area (Å²) in [5.41, 5.74) is 2.34. The Morgan fingerprint density at radius 1 is 1.21 bits per heavy atom. The Hall–Kier alpha value is -3.27. The molecule has 1 aromatic heterocycles. The number of rotatable bonds is 5. The maximum atomic E-state index is 12.6. The lowest BCUT2D eigenvalue weighted by atomic mass is 10.1. The second kappa shape index (κ2) is 8.61. The van der Waals surface area contributed by atoms with Crippen LogP contribution in [-0.2, 0) is 4.79 Å². The predicted octanol–water partition coefficient (Wildman–Crippen LogP) is 4.94. The topological polar surface area (TPSA) is 90.8 Å². The number of halogens is 2. The standard InChI is InChI=1S/C20H14Cl2N4O2/c1-28-18-7-6-16(22)9-17(18)25-20(27)13(10-23)8-14-11-24-26-19(14)12-2-4-15(21)5-3-12/h2-9,11H,1H3,(H,24,26)(H,25,27)/b13-8-. The summed E-state index contributed by atoms with van der Waals surface area (Å²) in [4.78, 5) is 12.6. The molecule has 140 valence electrons. The molecule has 0 aliphatic carbocycles. The number of aromatic nitrogens is 2. The van der Waals surface area contributed by atoms with E-state index in [2.05, 4.69) is 15.5 Å². The fourth-order valence-corrected chi connectivity index (χ4v) is 2.82. The molecule has 0 atom stereocenters. The number of anilines is 1. The number of aromatic amines is 1. The molecule has 0 aliphatic heterocycles. The number of hydrogen-bond acceptors (Lipinski definition) is 4. The lowest BCUT2D eigenvalue weighted by Gasteiger charge is -2.10. The van der Waals surface area contributed by atoms with Crippen LogP contribution in [0.1, 0.15) is 5.56 Å². The van der Waals surface area contributed by atoms with Crippen LogP contribution in [0.5, 0.6) is 5.75 Å². The Morgan fingerprint density at radius 3 is 2.61 bits per heavy atom. The SMILES string of the molecule is COc1ccc(Cl)cc1NC(=O)/C(C#N)=C\c1cn[nH]c1-c1ccc(Cl)cc1. The minimum Gasteiger partial charge on any atom is -0.495 e. The van der Waals surface area contributed by atoms with E-state index in [0.29, 0.717) is 32.7 Å². The van der Waals surface area contributed by atoms with Crippen molar-refractivity contribution < 1.29 is 9.53 Å². The van der Waals surface area contributed by atoms with E-state index in [9.17, 15) is 10.1 Å². The molecule has 1 amide bonds. The first-order valence-electron chi connectivity index (χ1n) is 8.08. The fraction of sp³-hybridized carbons (Fsp3) is 0.0500. The molecule has 3 rings (SSSR count). The van der Waals surface area contributed by atoms with Crippen molar-refractivity contribution in [3.05, 3.63) is 69.8 Å². The van der Waals surface area contributed by atoms with Crippen LogP contribution in [0.4, 0.5) is 5.69 Å². The maximum absolute atomic E-state index is 12.6. The van der Waals surface area contributed by atoms with Crippen molar-refractivity contribution in [3.8, 4) is 23.1 Å². The number of carbonyl (C=O) groups excluding carboxylic acids is 1. The van der Waals surface area contributed by atoms with Crippen LogP contribution in [0.3, 0.4) is 0 Å². The number of carbonyl (C=O) groups is 1. The van der Waals surface area contributed by atoms with Crippen LogP contribution in [0.2, 0.25) is 10.0 Å². The summed E-state index contributed by atoms with van der Waals surface area (Å²) in [7, 11) is 1.48. The largest absolute Gasteiger partial charge is 0.495 e. The van der Waals surface area contributed by atoms with Crippen LogP contribution in [-0.4, -0.2) is 23.2 Å². The summed E-state index contributed by atoms with van der Waals surface area (Å²) in [6, 6.07) is 13.8. The third kappa shape index (κ3) is 4.34. The number of ether oxygens (including phenoxy) is 1. The molecule has 0 spiro atoms. The maximum Gasteiger partial charge on any atom is 0.266 e. The molecule has 0 saturated heterocycles. The van der Waals surface area contributed by atoms with Gasteiger partial charge in [0.05, 0.1) is 24.7 Å². The van der Waals surface area contributed by atoms with E-state index in [1.165, 1.54) is 19.4 Å². The molecule has 0 saturated carbocycles. The van der Waals surface area contributed by atoms with Gasteiger partial charge in [0.15, 0.2) is 0 Å². The van der Waals surface area contributed by atoms with Gasteiger partial charge in [-0.25, -0.2) is 0 Å². The normalized spacial score (nSPS) is 11.0. The lowest BCUT2D eigenvalue weighted by Crippen LogP contribution is -2.14. The third-order valence-electron chi connectivity index (χ3n) is 3.88. The van der Waals surface area contributed by atoms with Crippen LogP contribution in [0.25, 0.3) is 17.3 Å². The van der Waals surface area contributed by atoms with Crippen molar-refractivity contribution in [2.24, 2.45) is 0 Å². The highest BCUT2D eigenvalue weighted by atomic mass is 35.5. The van der Waals surface area contributed by atoms with Crippen molar-refractivity contribution in [1.82, 2.24) is 10.2 Å². The van der Waals surface area contributed by atoms with Gasteiger partial charge in [-0.3, -0.25) is 9.89 Å². The molecule has 6 nitrogen and oxygen atoms in total. The number of nitrogens with one attached hydrogen (secondary N) is 2. The molecular formula is C20H14Cl2N4O2. The zero-order valence-corrected chi connectivity index (χ0v) is 16.2. The molecule has 3 aromatic rings. The van der Waals surface area contributed by atoms with Crippen molar-refractivity contribution in [1.29, 1.82) is 5.26 Å². The smallest absolute Gasteiger partial charge is 0.266 e. The highest BCUT2D eigenvalue weighted by Crippen LogP contribution is 2.29. The number of hydrogen-bond donors (Lipinski definition) is 2. The molecule has 0 unspecified atom stereocenters. The Balaban J connectivity index is 1.90. The molecule has 2 N–H and O–H groups in total.